The van der Waals surface area contributed by atoms with Crippen molar-refractivity contribution in [2.24, 2.45) is 0 Å². The van der Waals surface area contributed by atoms with E-state index in [0.717, 1.165) is 11.8 Å². The number of aromatic nitrogens is 2. The molecular formula is C14H10ClN3O3S. The predicted molar refractivity (Wildman–Crippen MR) is 83.0 cm³/mol. The second kappa shape index (κ2) is 6.64. The van der Waals surface area contributed by atoms with Crippen LogP contribution < -0.4 is 5.56 Å². The third-order valence-corrected chi connectivity index (χ3v) is 3.99. The first-order valence-electron chi connectivity index (χ1n) is 6.12. The lowest BCUT2D eigenvalue weighted by atomic mass is 10.1. The number of hydrogen-bond acceptors (Lipinski definition) is 5. The fourth-order valence-electron chi connectivity index (χ4n) is 1.65. The summed E-state index contributed by atoms with van der Waals surface area (Å²) in [5.41, 5.74) is 0.0112. The van der Waals surface area contributed by atoms with Crippen LogP contribution in [0.2, 0.25) is 5.02 Å². The Morgan fingerprint density at radius 2 is 2.09 bits per heavy atom. The Balaban J connectivity index is 2.54. The third-order valence-electron chi connectivity index (χ3n) is 2.76. The summed E-state index contributed by atoms with van der Waals surface area (Å²) in [5.74, 6) is -1.02. The largest absolute Gasteiger partial charge is 0.480 e. The van der Waals surface area contributed by atoms with E-state index in [-0.39, 0.29) is 16.4 Å². The summed E-state index contributed by atoms with van der Waals surface area (Å²) in [5, 5.41) is 17.9. The van der Waals surface area contributed by atoms with Crippen LogP contribution in [0.5, 0.6) is 0 Å². The first-order valence-corrected chi connectivity index (χ1v) is 7.38. The zero-order valence-electron chi connectivity index (χ0n) is 11.3. The van der Waals surface area contributed by atoms with Gasteiger partial charge in [0.25, 0.3) is 5.56 Å². The molecule has 0 saturated carbocycles. The van der Waals surface area contributed by atoms with Crippen LogP contribution in [0.25, 0.3) is 11.3 Å². The lowest BCUT2D eigenvalue weighted by molar-refractivity contribution is -0.136. The summed E-state index contributed by atoms with van der Waals surface area (Å²) in [6.07, 6.45) is 0. The zero-order chi connectivity index (χ0) is 16.3. The number of nitriles is 1. The SMILES string of the molecule is CC(Sc1nc(-c2ccc(Cl)cc2)c(C#N)c(=O)[nH]1)C(=O)O. The Morgan fingerprint density at radius 1 is 1.45 bits per heavy atom. The molecule has 1 heterocycles. The van der Waals surface area contributed by atoms with Gasteiger partial charge >= 0.3 is 5.97 Å². The number of nitrogens with zero attached hydrogens (tertiary/aromatic N) is 2. The highest BCUT2D eigenvalue weighted by atomic mass is 35.5. The average Bonchev–Trinajstić information content (AvgIpc) is 2.47. The summed E-state index contributed by atoms with van der Waals surface area (Å²) in [7, 11) is 0. The summed E-state index contributed by atoms with van der Waals surface area (Å²) in [4.78, 5) is 29.5. The summed E-state index contributed by atoms with van der Waals surface area (Å²) in [6, 6.07) is 8.33. The molecule has 22 heavy (non-hydrogen) atoms. The number of rotatable bonds is 4. The monoisotopic (exact) mass is 335 g/mol. The number of nitrogens with one attached hydrogen (secondary N) is 1. The van der Waals surface area contributed by atoms with E-state index < -0.39 is 16.8 Å². The third kappa shape index (κ3) is 3.47. The molecule has 0 bridgehead atoms. The summed E-state index contributed by atoms with van der Waals surface area (Å²) >= 11 is 6.71. The fourth-order valence-corrected chi connectivity index (χ4v) is 2.50. The van der Waals surface area contributed by atoms with Gasteiger partial charge in [-0.15, -0.1) is 0 Å². The molecular weight excluding hydrogens is 326 g/mol. The van der Waals surface area contributed by atoms with Gasteiger partial charge in [0, 0.05) is 10.6 Å². The molecule has 0 amide bonds. The van der Waals surface area contributed by atoms with E-state index in [1.54, 1.807) is 24.3 Å². The topological polar surface area (TPSA) is 107 Å². The molecule has 2 N–H and O–H groups in total. The molecule has 2 rings (SSSR count). The van der Waals surface area contributed by atoms with E-state index in [1.807, 2.05) is 6.07 Å². The first kappa shape index (κ1) is 16.1. The molecule has 1 aromatic heterocycles. The highest BCUT2D eigenvalue weighted by Crippen LogP contribution is 2.25. The highest BCUT2D eigenvalue weighted by molar-refractivity contribution is 8.00. The van der Waals surface area contributed by atoms with E-state index in [9.17, 15) is 9.59 Å². The van der Waals surface area contributed by atoms with Crippen molar-refractivity contribution >= 4 is 29.3 Å². The van der Waals surface area contributed by atoms with Gasteiger partial charge in [-0.25, -0.2) is 4.98 Å². The smallest absolute Gasteiger partial charge is 0.316 e. The van der Waals surface area contributed by atoms with E-state index in [4.69, 9.17) is 22.0 Å². The fraction of sp³-hybridized carbons (Fsp3) is 0.143. The number of H-pyrrole nitrogens is 1. The lowest BCUT2D eigenvalue weighted by Gasteiger charge is -2.08. The Hall–Kier alpha value is -2.30. The zero-order valence-corrected chi connectivity index (χ0v) is 12.9. The maximum Gasteiger partial charge on any atom is 0.316 e. The molecule has 1 aromatic carbocycles. The molecule has 1 unspecified atom stereocenters. The van der Waals surface area contributed by atoms with Crippen molar-refractivity contribution in [1.29, 1.82) is 5.26 Å². The van der Waals surface area contributed by atoms with Gasteiger partial charge in [-0.3, -0.25) is 9.59 Å². The molecule has 0 spiro atoms. The van der Waals surface area contributed by atoms with Gasteiger partial charge in [0.05, 0.1) is 5.69 Å². The van der Waals surface area contributed by atoms with E-state index in [1.165, 1.54) is 6.92 Å². The molecule has 0 radical (unpaired) electrons. The molecule has 8 heteroatoms. The van der Waals surface area contributed by atoms with Gasteiger partial charge in [0.2, 0.25) is 0 Å². The number of hydrogen-bond donors (Lipinski definition) is 2. The number of carboxylic acid groups (broad SMARTS) is 1. The minimum atomic E-state index is -1.02. The van der Waals surface area contributed by atoms with E-state index in [0.29, 0.717) is 10.6 Å². The van der Waals surface area contributed by atoms with E-state index >= 15 is 0 Å². The van der Waals surface area contributed by atoms with Crippen LogP contribution >= 0.6 is 23.4 Å². The Labute approximate surface area is 134 Å². The van der Waals surface area contributed by atoms with Crippen molar-refractivity contribution in [3.05, 3.63) is 45.2 Å². The number of thioether (sulfide) groups is 1. The average molecular weight is 336 g/mol. The van der Waals surface area contributed by atoms with Crippen molar-refractivity contribution in [3.63, 3.8) is 0 Å². The van der Waals surface area contributed by atoms with Crippen LogP contribution in [0.3, 0.4) is 0 Å². The Morgan fingerprint density at radius 3 is 2.64 bits per heavy atom. The molecule has 0 aliphatic heterocycles. The van der Waals surface area contributed by atoms with Crippen LogP contribution in [0.15, 0.2) is 34.2 Å². The second-order valence-corrected chi connectivity index (χ2v) is 6.08. The van der Waals surface area contributed by atoms with Crippen LogP contribution in [0.1, 0.15) is 12.5 Å². The molecule has 0 aliphatic carbocycles. The van der Waals surface area contributed by atoms with Crippen LogP contribution in [-0.2, 0) is 4.79 Å². The van der Waals surface area contributed by atoms with Crippen LogP contribution in [0, 0.1) is 11.3 Å². The van der Waals surface area contributed by atoms with Crippen molar-refractivity contribution in [2.75, 3.05) is 0 Å². The second-order valence-electron chi connectivity index (χ2n) is 4.31. The van der Waals surface area contributed by atoms with E-state index in [2.05, 4.69) is 9.97 Å². The number of aliphatic carboxylic acids is 1. The highest BCUT2D eigenvalue weighted by Gasteiger charge is 2.18. The van der Waals surface area contributed by atoms with Crippen molar-refractivity contribution in [1.82, 2.24) is 9.97 Å². The molecule has 0 aliphatic rings. The number of halogens is 1. The molecule has 2 aromatic rings. The molecule has 1 atom stereocenters. The van der Waals surface area contributed by atoms with Crippen molar-refractivity contribution < 1.29 is 9.90 Å². The predicted octanol–water partition coefficient (Wildman–Crippen LogP) is 2.53. The van der Waals surface area contributed by atoms with Gasteiger partial charge in [-0.2, -0.15) is 5.26 Å². The van der Waals surface area contributed by atoms with Crippen molar-refractivity contribution in [3.8, 4) is 17.3 Å². The standard InChI is InChI=1S/C14H10ClN3O3S/c1-7(13(20)21)22-14-17-11(10(6-16)12(19)18-14)8-2-4-9(15)5-3-8/h2-5,7H,1H3,(H,20,21)(H,17,18,19). The van der Waals surface area contributed by atoms with Gasteiger partial charge in [-0.05, 0) is 19.1 Å². The molecule has 112 valence electrons. The number of aromatic amines is 1. The van der Waals surface area contributed by atoms with Crippen LogP contribution in [0.4, 0.5) is 0 Å². The normalized spacial score (nSPS) is 11.7. The molecule has 0 saturated heterocycles. The Bertz CT molecular complexity index is 812. The number of benzene rings is 1. The van der Waals surface area contributed by atoms with Gasteiger partial charge in [0.1, 0.15) is 16.9 Å². The minimum absolute atomic E-state index is 0.130. The summed E-state index contributed by atoms with van der Waals surface area (Å²) < 4.78 is 0. The quantitative estimate of drug-likeness (QED) is 0.656. The number of carbonyl (C=O) groups is 1. The lowest BCUT2D eigenvalue weighted by Crippen LogP contribution is -2.17. The maximum atomic E-state index is 12.0. The van der Waals surface area contributed by atoms with Gasteiger partial charge in [-0.1, -0.05) is 35.5 Å². The molecule has 6 nitrogen and oxygen atoms in total. The van der Waals surface area contributed by atoms with Gasteiger partial charge in [0.15, 0.2) is 5.16 Å². The Kier molecular flexibility index (Phi) is 4.85. The van der Waals surface area contributed by atoms with Crippen LogP contribution in [-0.4, -0.2) is 26.3 Å². The molecule has 0 fully saturated rings. The maximum absolute atomic E-state index is 12.0. The first-order chi connectivity index (χ1) is 10.4. The van der Waals surface area contributed by atoms with Gasteiger partial charge < -0.3 is 10.1 Å². The minimum Gasteiger partial charge on any atom is -0.480 e. The van der Waals surface area contributed by atoms with Crippen molar-refractivity contribution in [2.45, 2.75) is 17.3 Å². The summed E-state index contributed by atoms with van der Waals surface area (Å²) in [6.45, 7) is 1.48. The number of carboxylic acids is 1.